The summed E-state index contributed by atoms with van der Waals surface area (Å²) in [5, 5.41) is 5.06. The second kappa shape index (κ2) is 7.58. The molecule has 29 heavy (non-hydrogen) atoms. The van der Waals surface area contributed by atoms with Crippen molar-refractivity contribution in [3.63, 3.8) is 0 Å². The maximum Gasteiger partial charge on any atom is 0.380 e. The van der Waals surface area contributed by atoms with Gasteiger partial charge >= 0.3 is 10.3 Å². The molecular formula is C22H30FNO4S. The zero-order chi connectivity index (χ0) is 20.8. The van der Waals surface area contributed by atoms with E-state index in [-0.39, 0.29) is 11.2 Å². The average Bonchev–Trinajstić information content (AvgIpc) is 2.70. The number of methoxy groups -OCH3 is 1. The monoisotopic (exact) mass is 423 g/mol. The molecule has 4 rings (SSSR count). The Balaban J connectivity index is 1.72. The Labute approximate surface area is 172 Å². The van der Waals surface area contributed by atoms with E-state index in [1.54, 1.807) is 6.07 Å². The number of aryl methyl sites for hydroxylation is 1. The van der Waals surface area contributed by atoms with Gasteiger partial charge in [0.25, 0.3) is 0 Å². The molecule has 3 aliphatic rings. The summed E-state index contributed by atoms with van der Waals surface area (Å²) in [6.07, 6.45) is 8.89. The maximum atomic E-state index is 13.8. The molecule has 0 heterocycles. The summed E-state index contributed by atoms with van der Waals surface area (Å²) < 4.78 is 47.0. The number of allylic oxidation sites excluding steroid dienone is 1. The van der Waals surface area contributed by atoms with Crippen molar-refractivity contribution < 1.29 is 21.7 Å². The fraction of sp³-hybridized carbons (Fsp3) is 0.636. The summed E-state index contributed by atoms with van der Waals surface area (Å²) >= 11 is 0. The normalized spacial score (nSPS) is 32.8. The van der Waals surface area contributed by atoms with Crippen molar-refractivity contribution >= 4 is 10.3 Å². The molecule has 0 amide bonds. The van der Waals surface area contributed by atoms with Gasteiger partial charge in [-0.1, -0.05) is 6.92 Å². The first-order valence-corrected chi connectivity index (χ1v) is 12.0. The van der Waals surface area contributed by atoms with Gasteiger partial charge in [-0.15, -0.1) is 0 Å². The molecule has 2 fully saturated rings. The third kappa shape index (κ3) is 3.46. The highest BCUT2D eigenvalue weighted by Crippen LogP contribution is 2.63. The number of nitrogens with two attached hydrogens (primary N) is 1. The van der Waals surface area contributed by atoms with Crippen LogP contribution in [0, 0.1) is 17.3 Å². The number of benzene rings is 1. The number of fused-ring (bicyclic) bond motifs is 5. The first-order valence-electron chi connectivity index (χ1n) is 10.6. The summed E-state index contributed by atoms with van der Waals surface area (Å²) in [4.78, 5) is 0. The van der Waals surface area contributed by atoms with Crippen LogP contribution in [0.5, 0.6) is 11.5 Å². The van der Waals surface area contributed by atoms with E-state index in [0.29, 0.717) is 23.5 Å². The molecule has 4 atom stereocenters. The molecule has 7 heteroatoms. The topological polar surface area (TPSA) is 78.6 Å². The molecule has 3 unspecified atom stereocenters. The Morgan fingerprint density at radius 2 is 2.03 bits per heavy atom. The number of hydrogen-bond donors (Lipinski definition) is 1. The molecule has 0 bridgehead atoms. The summed E-state index contributed by atoms with van der Waals surface area (Å²) in [5.74, 6) is 1.94. The van der Waals surface area contributed by atoms with Gasteiger partial charge in [-0.2, -0.15) is 13.6 Å². The van der Waals surface area contributed by atoms with Crippen molar-refractivity contribution in [2.45, 2.75) is 64.2 Å². The highest BCUT2D eigenvalue weighted by atomic mass is 32.2. The van der Waals surface area contributed by atoms with E-state index in [2.05, 4.69) is 6.92 Å². The molecule has 0 aromatic heterocycles. The van der Waals surface area contributed by atoms with E-state index >= 15 is 0 Å². The molecule has 2 saturated carbocycles. The van der Waals surface area contributed by atoms with Gasteiger partial charge in [-0.3, -0.25) is 0 Å². The number of ether oxygens (including phenoxy) is 1. The highest BCUT2D eigenvalue weighted by molar-refractivity contribution is 7.84. The van der Waals surface area contributed by atoms with Gasteiger partial charge in [0.15, 0.2) is 11.5 Å². The van der Waals surface area contributed by atoms with Crippen molar-refractivity contribution in [2.75, 3.05) is 7.11 Å². The van der Waals surface area contributed by atoms with Crippen LogP contribution in [0.1, 0.15) is 68.9 Å². The third-order valence-corrected chi connectivity index (χ3v) is 8.20. The first-order chi connectivity index (χ1) is 13.8. The lowest BCUT2D eigenvalue weighted by Gasteiger charge is -2.56. The standard InChI is InChI=1S/C22H30FNO4S/c1-3-22-10-9-16-17(19(22)6-4-5-15(22)13-23)8-7-14-11-21(28-29(24,25)26)20(27-2)12-18(14)16/h11-13,16-17,19H,3-10H2,1-2H3,(H2,24,25,26)/b15-13+/t16?,17?,19?,22-/m1/s1. The Morgan fingerprint density at radius 1 is 1.24 bits per heavy atom. The van der Waals surface area contributed by atoms with Gasteiger partial charge in [0.2, 0.25) is 0 Å². The van der Waals surface area contributed by atoms with Crippen LogP contribution in [0.3, 0.4) is 0 Å². The zero-order valence-corrected chi connectivity index (χ0v) is 17.9. The van der Waals surface area contributed by atoms with Gasteiger partial charge in [-0.25, -0.2) is 4.39 Å². The minimum atomic E-state index is -4.12. The summed E-state index contributed by atoms with van der Waals surface area (Å²) in [7, 11) is -2.62. The lowest BCUT2D eigenvalue weighted by Crippen LogP contribution is -2.46. The van der Waals surface area contributed by atoms with Crippen molar-refractivity contribution in [3.8, 4) is 11.5 Å². The molecule has 0 radical (unpaired) electrons. The van der Waals surface area contributed by atoms with E-state index in [9.17, 15) is 12.8 Å². The van der Waals surface area contributed by atoms with Gasteiger partial charge in [0, 0.05) is 0 Å². The molecule has 0 saturated heterocycles. The van der Waals surface area contributed by atoms with Crippen LogP contribution in [-0.4, -0.2) is 15.5 Å². The maximum absolute atomic E-state index is 13.8. The van der Waals surface area contributed by atoms with Crippen LogP contribution in [0.4, 0.5) is 4.39 Å². The fourth-order valence-electron chi connectivity index (χ4n) is 6.62. The summed E-state index contributed by atoms with van der Waals surface area (Å²) in [5.41, 5.74) is 3.36. The third-order valence-electron chi connectivity index (χ3n) is 7.79. The van der Waals surface area contributed by atoms with Crippen LogP contribution in [0.15, 0.2) is 24.0 Å². The van der Waals surface area contributed by atoms with Crippen LogP contribution in [-0.2, 0) is 16.7 Å². The minimum Gasteiger partial charge on any atom is -0.493 e. The van der Waals surface area contributed by atoms with Crippen molar-refractivity contribution in [2.24, 2.45) is 22.4 Å². The van der Waals surface area contributed by atoms with Crippen LogP contribution < -0.4 is 14.1 Å². The number of hydrogen-bond acceptors (Lipinski definition) is 4. The molecular weight excluding hydrogens is 393 g/mol. The van der Waals surface area contributed by atoms with Crippen molar-refractivity contribution in [1.29, 1.82) is 0 Å². The van der Waals surface area contributed by atoms with Crippen LogP contribution in [0.25, 0.3) is 0 Å². The van der Waals surface area contributed by atoms with E-state index < -0.39 is 10.3 Å². The quantitative estimate of drug-likeness (QED) is 0.757. The predicted molar refractivity (Wildman–Crippen MR) is 110 cm³/mol. The highest BCUT2D eigenvalue weighted by Gasteiger charge is 2.52. The zero-order valence-electron chi connectivity index (χ0n) is 17.1. The van der Waals surface area contributed by atoms with E-state index in [1.165, 1.54) is 12.7 Å². The van der Waals surface area contributed by atoms with Gasteiger partial charge < -0.3 is 8.92 Å². The molecule has 160 valence electrons. The fourth-order valence-corrected chi connectivity index (χ4v) is 7.00. The lowest BCUT2D eigenvalue weighted by molar-refractivity contribution is 0.0168. The Kier molecular flexibility index (Phi) is 5.40. The Bertz CT molecular complexity index is 929. The molecule has 3 aliphatic carbocycles. The lowest BCUT2D eigenvalue weighted by atomic mass is 9.48. The van der Waals surface area contributed by atoms with Gasteiger partial charge in [0.05, 0.1) is 13.4 Å². The number of halogens is 1. The second-order valence-electron chi connectivity index (χ2n) is 8.77. The molecule has 1 aromatic rings. The Hall–Kier alpha value is -1.60. The van der Waals surface area contributed by atoms with Crippen LogP contribution >= 0.6 is 0 Å². The molecule has 0 spiro atoms. The molecule has 0 aliphatic heterocycles. The van der Waals surface area contributed by atoms with E-state index in [4.69, 9.17) is 14.1 Å². The largest absolute Gasteiger partial charge is 0.493 e. The predicted octanol–water partition coefficient (Wildman–Crippen LogP) is 4.77. The molecule has 2 N–H and O–H groups in total. The first kappa shape index (κ1) is 20.7. The minimum absolute atomic E-state index is 0.00638. The van der Waals surface area contributed by atoms with Crippen molar-refractivity contribution in [3.05, 3.63) is 35.2 Å². The molecule has 5 nitrogen and oxygen atoms in total. The Morgan fingerprint density at radius 3 is 2.69 bits per heavy atom. The summed E-state index contributed by atoms with van der Waals surface area (Å²) in [6.45, 7) is 2.21. The van der Waals surface area contributed by atoms with E-state index in [1.807, 2.05) is 6.07 Å². The smallest absolute Gasteiger partial charge is 0.380 e. The second-order valence-corrected chi connectivity index (χ2v) is 9.92. The van der Waals surface area contributed by atoms with Gasteiger partial charge in [-0.05, 0) is 103 Å². The average molecular weight is 424 g/mol. The number of rotatable bonds is 4. The SMILES string of the molecule is CC[C@]12CCC3c4cc(OC)c(OS(N)(=O)=O)cc4CCC3C1CCC/C2=C\F. The van der Waals surface area contributed by atoms with Crippen LogP contribution in [0.2, 0.25) is 0 Å². The molecule has 1 aromatic carbocycles. The van der Waals surface area contributed by atoms with Crippen molar-refractivity contribution in [1.82, 2.24) is 0 Å². The summed E-state index contributed by atoms with van der Waals surface area (Å²) in [6, 6.07) is 3.70. The van der Waals surface area contributed by atoms with Gasteiger partial charge in [0.1, 0.15) is 0 Å². The van der Waals surface area contributed by atoms with E-state index in [0.717, 1.165) is 68.8 Å².